The zero-order chi connectivity index (χ0) is 23.4. The minimum absolute atomic E-state index is 0.0207. The van der Waals surface area contributed by atoms with E-state index in [9.17, 15) is 9.59 Å². The molecular formula is C26H30N2O4S. The van der Waals surface area contributed by atoms with E-state index < -0.39 is 0 Å². The van der Waals surface area contributed by atoms with Crippen LogP contribution in [0.15, 0.2) is 52.5 Å². The number of hydrogen-bond donors (Lipinski definition) is 0. The maximum atomic E-state index is 13.5. The summed E-state index contributed by atoms with van der Waals surface area (Å²) in [5, 5.41) is 2.08. The van der Waals surface area contributed by atoms with Crippen molar-refractivity contribution in [2.45, 2.75) is 39.7 Å². The fraction of sp³-hybridized carbons (Fsp3) is 0.385. The van der Waals surface area contributed by atoms with Crippen LogP contribution in [0, 0.1) is 13.8 Å². The lowest BCUT2D eigenvalue weighted by molar-refractivity contribution is -0.135. The predicted molar refractivity (Wildman–Crippen MR) is 129 cm³/mol. The molecule has 0 bridgehead atoms. The number of furan rings is 1. The third kappa shape index (κ3) is 5.14. The molecular weight excluding hydrogens is 436 g/mol. The quantitative estimate of drug-likeness (QED) is 0.468. The molecule has 2 aromatic heterocycles. The van der Waals surface area contributed by atoms with Gasteiger partial charge in [-0.15, -0.1) is 11.3 Å². The summed E-state index contributed by atoms with van der Waals surface area (Å²) in [6.45, 7) is 7.58. The molecule has 0 unspecified atom stereocenters. The summed E-state index contributed by atoms with van der Waals surface area (Å²) in [5.41, 5.74) is 3.41. The Morgan fingerprint density at radius 1 is 1.24 bits per heavy atom. The van der Waals surface area contributed by atoms with Crippen molar-refractivity contribution in [2.24, 2.45) is 0 Å². The van der Waals surface area contributed by atoms with E-state index >= 15 is 0 Å². The first kappa shape index (κ1) is 23.1. The second-order valence-corrected chi connectivity index (χ2v) is 9.44. The highest BCUT2D eigenvalue weighted by Crippen LogP contribution is 2.34. The molecule has 1 aliphatic rings. The number of thiophene rings is 1. The van der Waals surface area contributed by atoms with Crippen molar-refractivity contribution in [3.05, 3.63) is 75.4 Å². The fourth-order valence-electron chi connectivity index (χ4n) is 4.34. The van der Waals surface area contributed by atoms with Crippen LogP contribution in [-0.2, 0) is 11.2 Å². The summed E-state index contributed by atoms with van der Waals surface area (Å²) >= 11 is 1.72. The Bertz CT molecular complexity index is 1110. The molecule has 0 saturated heterocycles. The molecule has 3 aromatic rings. The Kier molecular flexibility index (Phi) is 7.18. The van der Waals surface area contributed by atoms with E-state index in [0.717, 1.165) is 29.7 Å². The molecule has 1 aliphatic heterocycles. The van der Waals surface area contributed by atoms with Gasteiger partial charge in [-0.3, -0.25) is 9.59 Å². The third-order valence-corrected chi connectivity index (χ3v) is 6.98. The van der Waals surface area contributed by atoms with Crippen LogP contribution in [0.4, 0.5) is 0 Å². The lowest BCUT2D eigenvalue weighted by atomic mass is 10.00. The molecule has 1 aromatic carbocycles. The van der Waals surface area contributed by atoms with E-state index in [1.54, 1.807) is 28.4 Å². The number of nitrogens with zero attached hydrogens (tertiary/aromatic N) is 2. The third-order valence-electron chi connectivity index (χ3n) is 5.98. The van der Waals surface area contributed by atoms with Crippen molar-refractivity contribution in [1.29, 1.82) is 0 Å². The molecule has 6 nitrogen and oxygen atoms in total. The van der Waals surface area contributed by atoms with E-state index in [2.05, 4.69) is 24.4 Å². The maximum absolute atomic E-state index is 13.5. The van der Waals surface area contributed by atoms with Crippen molar-refractivity contribution >= 4 is 23.2 Å². The van der Waals surface area contributed by atoms with E-state index in [1.165, 1.54) is 16.7 Å². The van der Waals surface area contributed by atoms with E-state index in [0.29, 0.717) is 19.7 Å². The fourth-order valence-corrected chi connectivity index (χ4v) is 5.27. The van der Waals surface area contributed by atoms with Crippen molar-refractivity contribution in [3.8, 4) is 5.75 Å². The van der Waals surface area contributed by atoms with Gasteiger partial charge in [0, 0.05) is 18.0 Å². The second kappa shape index (κ2) is 10.3. The molecule has 0 spiro atoms. The first-order chi connectivity index (χ1) is 16.0. The largest absolute Gasteiger partial charge is 0.491 e. The smallest absolute Gasteiger partial charge is 0.290 e. The van der Waals surface area contributed by atoms with Gasteiger partial charge in [-0.25, -0.2) is 0 Å². The van der Waals surface area contributed by atoms with Crippen LogP contribution in [-0.4, -0.2) is 47.9 Å². The first-order valence-electron chi connectivity index (χ1n) is 11.4. The lowest BCUT2D eigenvalue weighted by Crippen LogP contribution is -2.48. The van der Waals surface area contributed by atoms with Crippen LogP contribution < -0.4 is 4.74 Å². The Morgan fingerprint density at radius 3 is 2.82 bits per heavy atom. The minimum Gasteiger partial charge on any atom is -0.491 e. The van der Waals surface area contributed by atoms with E-state index in [4.69, 9.17) is 9.15 Å². The van der Waals surface area contributed by atoms with Gasteiger partial charge in [-0.2, -0.15) is 0 Å². The summed E-state index contributed by atoms with van der Waals surface area (Å²) in [6, 6.07) is 11.3. The zero-order valence-electron chi connectivity index (χ0n) is 19.4. The Labute approximate surface area is 198 Å². The summed E-state index contributed by atoms with van der Waals surface area (Å²) in [5.74, 6) is 0.752. The van der Waals surface area contributed by atoms with Crippen LogP contribution in [0.25, 0.3) is 0 Å². The van der Waals surface area contributed by atoms with Gasteiger partial charge >= 0.3 is 0 Å². The summed E-state index contributed by atoms with van der Waals surface area (Å²) in [4.78, 5) is 31.1. The molecule has 7 heteroatoms. The predicted octanol–water partition coefficient (Wildman–Crippen LogP) is 5.02. The molecule has 0 N–H and O–H groups in total. The first-order valence-corrected chi connectivity index (χ1v) is 12.2. The average molecular weight is 467 g/mol. The summed E-state index contributed by atoms with van der Waals surface area (Å²) < 4.78 is 11.5. The van der Waals surface area contributed by atoms with Crippen LogP contribution >= 0.6 is 11.3 Å². The van der Waals surface area contributed by atoms with Crippen LogP contribution in [0.1, 0.15) is 51.5 Å². The summed E-state index contributed by atoms with van der Waals surface area (Å²) in [7, 11) is 0. The molecule has 0 fully saturated rings. The SMILES string of the molecule is CCCN(CC(=O)N1CCc2sccc2[C@@H]1COc1ccc(C)cc1C)C(=O)c1ccco1. The van der Waals surface area contributed by atoms with Crippen molar-refractivity contribution in [2.75, 3.05) is 26.2 Å². The van der Waals surface area contributed by atoms with Gasteiger partial charge in [0.25, 0.3) is 5.91 Å². The van der Waals surface area contributed by atoms with Crippen LogP contribution in [0.5, 0.6) is 5.75 Å². The Morgan fingerprint density at radius 2 is 2.09 bits per heavy atom. The van der Waals surface area contributed by atoms with Crippen LogP contribution in [0.3, 0.4) is 0 Å². The highest BCUT2D eigenvalue weighted by atomic mass is 32.1. The van der Waals surface area contributed by atoms with Gasteiger partial charge in [0.15, 0.2) is 5.76 Å². The molecule has 33 heavy (non-hydrogen) atoms. The van der Waals surface area contributed by atoms with Crippen molar-refractivity contribution < 1.29 is 18.7 Å². The second-order valence-electron chi connectivity index (χ2n) is 8.44. The van der Waals surface area contributed by atoms with Gasteiger partial charge in [-0.05, 0) is 67.5 Å². The van der Waals surface area contributed by atoms with E-state index in [1.807, 2.05) is 30.9 Å². The van der Waals surface area contributed by atoms with E-state index in [-0.39, 0.29) is 30.2 Å². The molecule has 0 radical (unpaired) electrons. The molecule has 1 atom stereocenters. The molecule has 3 heterocycles. The van der Waals surface area contributed by atoms with Crippen molar-refractivity contribution in [3.63, 3.8) is 0 Å². The number of rotatable bonds is 8. The molecule has 174 valence electrons. The van der Waals surface area contributed by atoms with Gasteiger partial charge in [0.1, 0.15) is 18.9 Å². The van der Waals surface area contributed by atoms with Gasteiger partial charge in [0.05, 0.1) is 12.3 Å². The highest BCUT2D eigenvalue weighted by Gasteiger charge is 2.34. The molecule has 2 amide bonds. The number of aryl methyl sites for hydroxylation is 2. The highest BCUT2D eigenvalue weighted by molar-refractivity contribution is 7.10. The number of hydrogen-bond acceptors (Lipinski definition) is 5. The molecule has 4 rings (SSSR count). The monoisotopic (exact) mass is 466 g/mol. The zero-order valence-corrected chi connectivity index (χ0v) is 20.2. The molecule has 0 aliphatic carbocycles. The number of carbonyl (C=O) groups is 2. The number of ether oxygens (including phenoxy) is 1. The Hall–Kier alpha value is -3.06. The van der Waals surface area contributed by atoms with Gasteiger partial charge in [0.2, 0.25) is 5.91 Å². The maximum Gasteiger partial charge on any atom is 0.290 e. The van der Waals surface area contributed by atoms with Crippen molar-refractivity contribution in [1.82, 2.24) is 9.80 Å². The molecule has 0 saturated carbocycles. The van der Waals surface area contributed by atoms with Gasteiger partial charge < -0.3 is 19.0 Å². The Balaban J connectivity index is 1.52. The average Bonchev–Trinajstić information content (AvgIpc) is 3.49. The lowest BCUT2D eigenvalue weighted by Gasteiger charge is -2.37. The number of fused-ring (bicyclic) bond motifs is 1. The minimum atomic E-state index is -0.258. The summed E-state index contributed by atoms with van der Waals surface area (Å²) in [6.07, 6.45) is 3.05. The normalized spacial score (nSPS) is 15.2. The topological polar surface area (TPSA) is 63.0 Å². The van der Waals surface area contributed by atoms with Gasteiger partial charge in [-0.1, -0.05) is 24.6 Å². The number of benzene rings is 1. The number of amides is 2. The number of carbonyl (C=O) groups excluding carboxylic acids is 2. The van der Waals surface area contributed by atoms with Crippen LogP contribution in [0.2, 0.25) is 0 Å². The standard InChI is InChI=1S/C26H30N2O4S/c1-4-11-27(26(30)23-6-5-13-31-23)16-25(29)28-12-9-24-20(10-14-33-24)21(28)17-32-22-8-7-18(2)15-19(22)3/h5-8,10,13-15,21H,4,9,11-12,16-17H2,1-3H3/t21-/m0/s1.